The third-order valence-corrected chi connectivity index (χ3v) is 14.8. The summed E-state index contributed by atoms with van der Waals surface area (Å²) in [6.45, 7) is 13.6. The molecule has 0 atom stereocenters. The highest BCUT2D eigenvalue weighted by Crippen LogP contribution is 2.49. The highest BCUT2D eigenvalue weighted by molar-refractivity contribution is 7.00. The van der Waals surface area contributed by atoms with Crippen molar-refractivity contribution in [1.82, 2.24) is 0 Å². The number of anilines is 9. The summed E-state index contributed by atoms with van der Waals surface area (Å²) in [6, 6.07) is 79.6. The summed E-state index contributed by atoms with van der Waals surface area (Å²) >= 11 is 0. The van der Waals surface area contributed by atoms with E-state index >= 15 is 0 Å². The van der Waals surface area contributed by atoms with Crippen molar-refractivity contribution in [3.63, 3.8) is 0 Å². The molecule has 13 rings (SSSR count). The van der Waals surface area contributed by atoms with E-state index in [-0.39, 0.29) is 17.5 Å². The van der Waals surface area contributed by atoms with Crippen molar-refractivity contribution >= 4 is 96.2 Å². The summed E-state index contributed by atoms with van der Waals surface area (Å²) in [5.41, 5.74) is 20.1. The van der Waals surface area contributed by atoms with Crippen LogP contribution in [0.3, 0.4) is 0 Å². The zero-order valence-electron chi connectivity index (χ0n) is 41.5. The summed E-state index contributed by atoms with van der Waals surface area (Å²) in [4.78, 5) is 7.41. The molecule has 0 saturated heterocycles. The first kappa shape index (κ1) is 43.5. The van der Waals surface area contributed by atoms with Crippen LogP contribution in [-0.4, -0.2) is 6.71 Å². The van der Waals surface area contributed by atoms with E-state index in [1.165, 1.54) is 27.5 Å². The van der Waals surface area contributed by atoms with E-state index in [1.54, 1.807) is 0 Å². The van der Waals surface area contributed by atoms with E-state index in [1.807, 2.05) is 24.3 Å². The molecule has 0 bridgehead atoms. The average molecular weight is 932 g/mol. The molecule has 11 aromatic rings. The van der Waals surface area contributed by atoms with Gasteiger partial charge in [-0.2, -0.15) is 0 Å². The zero-order valence-corrected chi connectivity index (χ0v) is 41.5. The Balaban J connectivity index is 1.05. The molecule has 0 amide bonds. The van der Waals surface area contributed by atoms with Gasteiger partial charge in [-0.3, -0.25) is 0 Å². The lowest BCUT2D eigenvalue weighted by atomic mass is 9.33. The highest BCUT2D eigenvalue weighted by Gasteiger charge is 2.44. The van der Waals surface area contributed by atoms with Gasteiger partial charge >= 0.3 is 0 Å². The minimum Gasteiger partial charge on any atom is -0.456 e. The van der Waals surface area contributed by atoms with Gasteiger partial charge in [-0.15, -0.1) is 0 Å². The Bertz CT molecular complexity index is 3520. The van der Waals surface area contributed by atoms with Gasteiger partial charge in [0.2, 0.25) is 0 Å². The number of hydrogen-bond donors (Lipinski definition) is 0. The van der Waals surface area contributed by atoms with Crippen molar-refractivity contribution in [2.24, 2.45) is 0 Å². The van der Waals surface area contributed by atoms with Crippen LogP contribution in [0, 0.1) is 0 Å². The quantitative estimate of drug-likeness (QED) is 0.149. The van der Waals surface area contributed by atoms with Crippen LogP contribution in [0.1, 0.15) is 52.7 Å². The van der Waals surface area contributed by atoms with Crippen molar-refractivity contribution in [3.05, 3.63) is 230 Å². The van der Waals surface area contributed by atoms with Gasteiger partial charge < -0.3 is 23.5 Å². The lowest BCUT2D eigenvalue weighted by molar-refractivity contribution is 0.590. The lowest BCUT2D eigenvalue weighted by Crippen LogP contribution is -2.61. The second kappa shape index (κ2) is 16.6. The molecule has 0 unspecified atom stereocenters. The first-order valence-electron chi connectivity index (χ1n) is 25.1. The minimum atomic E-state index is -0.0285. The fraction of sp³-hybridized carbons (Fsp3) is 0.121. The SMILES string of the molecule is CC(C)(C)c1ccc(N(c2ccc(C(C)(C)C)cc2)c2cc3c4c(c2)N(c2ccc(-c5cc6ccccc6o5)cc2)c2ccccc2B4c2ccccc2N3c2ccc(-c3cc4ccccc4o3)cc2)cc1. The fourth-order valence-corrected chi connectivity index (χ4v) is 11.0. The van der Waals surface area contributed by atoms with E-state index in [9.17, 15) is 0 Å². The summed E-state index contributed by atoms with van der Waals surface area (Å²) in [5, 5.41) is 2.19. The van der Waals surface area contributed by atoms with Crippen molar-refractivity contribution < 1.29 is 8.83 Å². The molecule has 0 fully saturated rings. The summed E-state index contributed by atoms with van der Waals surface area (Å²) in [5.74, 6) is 1.70. The molecule has 2 aromatic heterocycles. The smallest absolute Gasteiger partial charge is 0.252 e. The monoisotopic (exact) mass is 931 g/mol. The zero-order chi connectivity index (χ0) is 48.9. The fourth-order valence-electron chi connectivity index (χ4n) is 11.0. The molecule has 5 nitrogen and oxygen atoms in total. The molecule has 2 aliphatic rings. The van der Waals surface area contributed by atoms with E-state index in [2.05, 4.69) is 250 Å². The summed E-state index contributed by atoms with van der Waals surface area (Å²) in [6.07, 6.45) is 0. The van der Waals surface area contributed by atoms with Gasteiger partial charge in [0, 0.05) is 67.4 Å². The van der Waals surface area contributed by atoms with E-state index < -0.39 is 0 Å². The molecule has 9 aromatic carbocycles. The predicted octanol–water partition coefficient (Wildman–Crippen LogP) is 16.7. The normalized spacial score (nSPS) is 13.1. The Morgan fingerprint density at radius 3 is 1.17 bits per heavy atom. The second-order valence-electron chi connectivity index (χ2n) is 21.4. The predicted molar refractivity (Wildman–Crippen MR) is 303 cm³/mol. The molecule has 4 heterocycles. The average Bonchev–Trinajstić information content (AvgIpc) is 4.04. The molecule has 0 aliphatic carbocycles. The molecular formula is C66H54BN3O2. The van der Waals surface area contributed by atoms with E-state index in [0.29, 0.717) is 0 Å². The van der Waals surface area contributed by atoms with Crippen LogP contribution in [0.4, 0.5) is 51.2 Å². The number of rotatable bonds is 7. The Kier molecular flexibility index (Phi) is 10.0. The van der Waals surface area contributed by atoms with Gasteiger partial charge in [0.05, 0.1) is 5.69 Å². The second-order valence-corrected chi connectivity index (χ2v) is 21.4. The minimum absolute atomic E-state index is 0.00438. The van der Waals surface area contributed by atoms with Gasteiger partial charge in [-0.1, -0.05) is 139 Å². The Labute approximate surface area is 422 Å². The van der Waals surface area contributed by atoms with Gasteiger partial charge in [0.15, 0.2) is 0 Å². The topological polar surface area (TPSA) is 36.0 Å². The van der Waals surface area contributed by atoms with Crippen molar-refractivity contribution in [1.29, 1.82) is 0 Å². The van der Waals surface area contributed by atoms with Crippen LogP contribution in [0.25, 0.3) is 44.6 Å². The maximum atomic E-state index is 6.39. The van der Waals surface area contributed by atoms with Gasteiger partial charge in [-0.25, -0.2) is 0 Å². The van der Waals surface area contributed by atoms with Gasteiger partial charge in [0.25, 0.3) is 6.71 Å². The van der Waals surface area contributed by atoms with Crippen LogP contribution < -0.4 is 31.1 Å². The Hall–Kier alpha value is -8.48. The largest absolute Gasteiger partial charge is 0.456 e. The maximum Gasteiger partial charge on any atom is 0.252 e. The van der Waals surface area contributed by atoms with Gasteiger partial charge in [0.1, 0.15) is 22.7 Å². The van der Waals surface area contributed by atoms with Crippen LogP contribution in [-0.2, 0) is 10.8 Å². The van der Waals surface area contributed by atoms with Crippen LogP contribution in [0.15, 0.2) is 227 Å². The number of furan rings is 2. The third kappa shape index (κ3) is 7.32. The molecular weight excluding hydrogens is 878 g/mol. The first-order valence-corrected chi connectivity index (χ1v) is 25.1. The molecule has 0 spiro atoms. The molecule has 2 aliphatic heterocycles. The molecule has 6 heteroatoms. The van der Waals surface area contributed by atoms with Crippen molar-refractivity contribution in [3.8, 4) is 22.6 Å². The number of nitrogens with zero attached hydrogens (tertiary/aromatic N) is 3. The van der Waals surface area contributed by atoms with Crippen LogP contribution in [0.2, 0.25) is 0 Å². The molecule has 0 radical (unpaired) electrons. The molecule has 0 N–H and O–H groups in total. The number of fused-ring (bicyclic) bond motifs is 6. The standard InChI is InChI=1S/C66H54BN3O2/c1-65(2,3)47-27-35-49(36-28-47)68(50-37-29-48(30-38-50)66(4,5)6)53-41-58-64-59(42-53)70(52-33-25-44(26-34-52)63-40-46-16-8-14-22-61(46)72-63)57-20-12-10-18-55(57)67(64)54-17-9-11-19-56(54)69(58)51-31-23-43(24-32-51)62-39-45-15-7-13-21-60(45)71-62/h7-42H,1-6H3. The van der Waals surface area contributed by atoms with Crippen molar-refractivity contribution in [2.45, 2.75) is 52.4 Å². The number of hydrogen-bond acceptors (Lipinski definition) is 5. The lowest BCUT2D eigenvalue weighted by Gasteiger charge is -2.45. The van der Waals surface area contributed by atoms with Crippen molar-refractivity contribution in [2.75, 3.05) is 14.7 Å². The molecule has 72 heavy (non-hydrogen) atoms. The summed E-state index contributed by atoms with van der Waals surface area (Å²) in [7, 11) is 0. The summed E-state index contributed by atoms with van der Waals surface area (Å²) < 4.78 is 12.8. The number of benzene rings is 9. The van der Waals surface area contributed by atoms with E-state index in [4.69, 9.17) is 8.83 Å². The molecule has 348 valence electrons. The Morgan fingerprint density at radius 2 is 0.764 bits per heavy atom. The van der Waals surface area contributed by atoms with Crippen LogP contribution in [0.5, 0.6) is 0 Å². The first-order chi connectivity index (χ1) is 34.9. The van der Waals surface area contributed by atoms with Crippen LogP contribution >= 0.6 is 0 Å². The molecule has 0 saturated carbocycles. The Morgan fingerprint density at radius 1 is 0.375 bits per heavy atom. The highest BCUT2D eigenvalue weighted by atomic mass is 16.3. The van der Waals surface area contributed by atoms with Gasteiger partial charge in [-0.05, 0) is 160 Å². The van der Waals surface area contributed by atoms with E-state index in [0.717, 1.165) is 95.8 Å². The third-order valence-electron chi connectivity index (χ3n) is 14.8. The maximum absolute atomic E-state index is 6.39. The number of para-hydroxylation sites is 4.